The van der Waals surface area contributed by atoms with Gasteiger partial charge in [-0.15, -0.1) is 0 Å². The number of halogens is 3. The highest BCUT2D eigenvalue weighted by Crippen LogP contribution is 2.24. The second-order valence-electron chi connectivity index (χ2n) is 13.0. The number of carbonyl (C=O) groups excluding carboxylic acids is 6. The molecule has 9 heteroatoms. The number of benzene rings is 7. The Kier molecular flexibility index (Phi) is 10.6. The Bertz CT molecular complexity index is 2490. The molecule has 57 heavy (non-hydrogen) atoms. The molecule has 0 heterocycles. The summed E-state index contributed by atoms with van der Waals surface area (Å²) in [5, 5.41) is 0. The minimum Gasteiger partial charge on any atom is -0.289 e. The molecule has 0 bridgehead atoms. The lowest BCUT2D eigenvalue weighted by Gasteiger charge is -2.11. The number of hydrogen-bond donors (Lipinski definition) is 0. The van der Waals surface area contributed by atoms with Gasteiger partial charge in [0, 0.05) is 50.1 Å². The van der Waals surface area contributed by atoms with Crippen LogP contribution in [0.5, 0.6) is 0 Å². The van der Waals surface area contributed by atoms with E-state index in [4.69, 9.17) is 0 Å². The van der Waals surface area contributed by atoms with Crippen LogP contribution in [0.25, 0.3) is 0 Å². The normalized spacial score (nSPS) is 10.8. The lowest BCUT2D eigenvalue weighted by atomic mass is 9.90. The minimum absolute atomic E-state index is 0.00449. The van der Waals surface area contributed by atoms with Gasteiger partial charge in [0.1, 0.15) is 17.5 Å². The molecule has 0 radical (unpaired) electrons. The van der Waals surface area contributed by atoms with Crippen LogP contribution < -0.4 is 0 Å². The largest absolute Gasteiger partial charge is 0.289 e. The summed E-state index contributed by atoms with van der Waals surface area (Å²) in [4.78, 5) is 82.1. The van der Waals surface area contributed by atoms with Crippen molar-refractivity contribution in [3.05, 3.63) is 248 Å². The van der Waals surface area contributed by atoms with Crippen LogP contribution >= 0.6 is 0 Å². The molecular weight excluding hydrogens is 730 g/mol. The maximum Gasteiger partial charge on any atom is 0.195 e. The highest BCUT2D eigenvalue weighted by atomic mass is 19.1. The van der Waals surface area contributed by atoms with Crippen LogP contribution in [0.4, 0.5) is 13.2 Å². The van der Waals surface area contributed by atoms with Gasteiger partial charge in [-0.25, -0.2) is 13.2 Å². The first-order valence-corrected chi connectivity index (χ1v) is 17.5. The highest BCUT2D eigenvalue weighted by Gasteiger charge is 2.23. The van der Waals surface area contributed by atoms with Crippen LogP contribution in [-0.2, 0) is 0 Å². The summed E-state index contributed by atoms with van der Waals surface area (Å²) in [6.07, 6.45) is 0. The Morgan fingerprint density at radius 2 is 0.456 bits per heavy atom. The van der Waals surface area contributed by atoms with E-state index in [9.17, 15) is 41.9 Å². The predicted octanol–water partition coefficient (Wildman–Crippen LogP) is 9.49. The number of rotatable bonds is 12. The molecule has 0 atom stereocenters. The molecule has 0 N–H and O–H groups in total. The summed E-state index contributed by atoms with van der Waals surface area (Å²) in [5.74, 6) is -6.29. The van der Waals surface area contributed by atoms with Crippen LogP contribution in [0, 0.1) is 17.5 Å². The summed E-state index contributed by atoms with van der Waals surface area (Å²) in [7, 11) is 0. The van der Waals surface area contributed by atoms with Crippen molar-refractivity contribution in [2.24, 2.45) is 0 Å². The van der Waals surface area contributed by atoms with Gasteiger partial charge in [0.05, 0.1) is 16.7 Å². The van der Waals surface area contributed by atoms with Crippen molar-refractivity contribution < 1.29 is 41.9 Å². The zero-order valence-electron chi connectivity index (χ0n) is 29.7. The van der Waals surface area contributed by atoms with Gasteiger partial charge < -0.3 is 0 Å². The van der Waals surface area contributed by atoms with Gasteiger partial charge in [-0.2, -0.15) is 0 Å². The van der Waals surface area contributed by atoms with Crippen molar-refractivity contribution in [2.45, 2.75) is 0 Å². The fourth-order valence-corrected chi connectivity index (χ4v) is 6.33. The third-order valence-corrected chi connectivity index (χ3v) is 9.24. The van der Waals surface area contributed by atoms with E-state index in [1.807, 2.05) is 0 Å². The van der Waals surface area contributed by atoms with Crippen molar-refractivity contribution in [3.8, 4) is 0 Å². The molecule has 0 spiro atoms. The molecule has 0 aliphatic carbocycles. The summed E-state index contributed by atoms with van der Waals surface area (Å²) >= 11 is 0. The van der Waals surface area contributed by atoms with E-state index < -0.39 is 52.2 Å². The van der Waals surface area contributed by atoms with Crippen molar-refractivity contribution in [2.75, 3.05) is 0 Å². The summed E-state index contributed by atoms with van der Waals surface area (Å²) in [5.41, 5.74) is -0.950. The maximum absolute atomic E-state index is 14.5. The predicted molar refractivity (Wildman–Crippen MR) is 206 cm³/mol. The monoisotopic (exact) mass is 756 g/mol. The summed E-state index contributed by atoms with van der Waals surface area (Å²) < 4.78 is 43.5. The van der Waals surface area contributed by atoms with E-state index >= 15 is 0 Å². The van der Waals surface area contributed by atoms with Crippen LogP contribution in [0.3, 0.4) is 0 Å². The first-order valence-electron chi connectivity index (χ1n) is 17.5. The molecule has 0 saturated heterocycles. The van der Waals surface area contributed by atoms with Crippen molar-refractivity contribution >= 4 is 34.7 Å². The first kappa shape index (κ1) is 37.7. The molecule has 0 aliphatic rings. The second-order valence-corrected chi connectivity index (χ2v) is 13.0. The van der Waals surface area contributed by atoms with Gasteiger partial charge in [0.2, 0.25) is 0 Å². The zero-order chi connectivity index (χ0) is 40.2. The lowest BCUT2D eigenvalue weighted by molar-refractivity contribution is 0.102. The molecule has 0 aliphatic heterocycles. The fourth-order valence-electron chi connectivity index (χ4n) is 6.33. The molecule has 7 rings (SSSR count). The van der Waals surface area contributed by atoms with Gasteiger partial charge in [-0.1, -0.05) is 91.0 Å². The lowest BCUT2D eigenvalue weighted by Crippen LogP contribution is -2.12. The smallest absolute Gasteiger partial charge is 0.195 e. The van der Waals surface area contributed by atoms with Gasteiger partial charge in [0.15, 0.2) is 34.7 Å². The zero-order valence-corrected chi connectivity index (χ0v) is 29.7. The SMILES string of the molecule is O=C(c1cc(C(=O)c2cccc(C(=O)c3ccccc3F)c2)cc(C(=O)c2cccc(C(=O)c3ccccc3F)c2)c1)c1cccc(C(=O)c2ccccc2F)c1. The average Bonchev–Trinajstić information content (AvgIpc) is 3.25. The van der Waals surface area contributed by atoms with Crippen LogP contribution in [0.1, 0.15) is 95.5 Å². The van der Waals surface area contributed by atoms with Crippen molar-refractivity contribution in [3.63, 3.8) is 0 Å². The van der Waals surface area contributed by atoms with Gasteiger partial charge in [-0.3, -0.25) is 28.8 Å². The quantitative estimate of drug-likeness (QED) is 0.115. The molecule has 7 aromatic rings. The number of ketones is 6. The molecule has 0 fully saturated rings. The second kappa shape index (κ2) is 16.0. The van der Waals surface area contributed by atoms with Crippen LogP contribution in [-0.4, -0.2) is 34.7 Å². The summed E-state index contributed by atoms with van der Waals surface area (Å²) in [6, 6.07) is 36.7. The van der Waals surface area contributed by atoms with E-state index in [-0.39, 0.29) is 66.8 Å². The molecule has 0 saturated carbocycles. The van der Waals surface area contributed by atoms with Gasteiger partial charge in [-0.05, 0) is 72.8 Å². The van der Waals surface area contributed by atoms with E-state index in [1.54, 1.807) is 0 Å². The first-order chi connectivity index (χ1) is 27.5. The highest BCUT2D eigenvalue weighted by molar-refractivity contribution is 6.19. The van der Waals surface area contributed by atoms with Gasteiger partial charge >= 0.3 is 0 Å². The van der Waals surface area contributed by atoms with E-state index in [1.165, 1.54) is 146 Å². The molecule has 0 aromatic heterocycles. The van der Waals surface area contributed by atoms with E-state index in [0.717, 1.165) is 18.2 Å². The molecule has 0 amide bonds. The van der Waals surface area contributed by atoms with E-state index in [0.29, 0.717) is 0 Å². The van der Waals surface area contributed by atoms with E-state index in [2.05, 4.69) is 0 Å². The molecule has 276 valence electrons. The molecular formula is C48H27F3O6. The Morgan fingerprint density at radius 3 is 0.702 bits per heavy atom. The van der Waals surface area contributed by atoms with Gasteiger partial charge in [0.25, 0.3) is 0 Å². The van der Waals surface area contributed by atoms with Crippen LogP contribution in [0.2, 0.25) is 0 Å². The molecule has 7 aromatic carbocycles. The Balaban J connectivity index is 1.29. The third-order valence-electron chi connectivity index (χ3n) is 9.24. The standard InChI is InChI=1S/C48H27F3O6/c49-40-19-4-1-16-37(40)46(55)31-13-7-10-28(22-31)43(52)34-25-35(44(53)29-11-8-14-32(23-29)47(56)38-17-2-5-20-41(38)50)27-36(26-34)45(54)30-12-9-15-33(24-30)48(57)39-18-3-6-21-42(39)51/h1-27H. The van der Waals surface area contributed by atoms with Crippen LogP contribution in [0.15, 0.2) is 164 Å². The van der Waals surface area contributed by atoms with Crippen molar-refractivity contribution in [1.82, 2.24) is 0 Å². The minimum atomic E-state index is -0.743. The Hall–Kier alpha value is -7.65. The summed E-state index contributed by atoms with van der Waals surface area (Å²) in [6.45, 7) is 0. The Morgan fingerprint density at radius 1 is 0.246 bits per heavy atom. The molecule has 6 nitrogen and oxygen atoms in total. The topological polar surface area (TPSA) is 102 Å². The molecule has 0 unspecified atom stereocenters. The average molecular weight is 757 g/mol. The fraction of sp³-hybridized carbons (Fsp3) is 0. The van der Waals surface area contributed by atoms with Crippen molar-refractivity contribution in [1.29, 1.82) is 0 Å². The third kappa shape index (κ3) is 7.81. The number of hydrogen-bond acceptors (Lipinski definition) is 6. The number of carbonyl (C=O) groups is 6. The Labute approximate surface area is 323 Å². The maximum atomic E-state index is 14.5.